The van der Waals surface area contributed by atoms with Crippen LogP contribution >= 0.6 is 23.5 Å². The molecule has 0 saturated heterocycles. The quantitative estimate of drug-likeness (QED) is 0.310. The monoisotopic (exact) mass is 456 g/mol. The number of alkyl halides is 1. The smallest absolute Gasteiger partial charge is 0.313 e. The van der Waals surface area contributed by atoms with E-state index in [-0.39, 0.29) is 29.1 Å². The SMILES string of the molecule is O=C(O)CSCCCSC1C(=O)CC(O)[C@@H]1C=CC(O)Cc1cccc(CCF)c1. The van der Waals surface area contributed by atoms with Crippen molar-refractivity contribution in [1.29, 1.82) is 0 Å². The minimum absolute atomic E-state index is 0.00810. The predicted molar refractivity (Wildman–Crippen MR) is 120 cm³/mol. The summed E-state index contributed by atoms with van der Waals surface area (Å²) in [5, 5.41) is 28.9. The van der Waals surface area contributed by atoms with Crippen LogP contribution in [0.15, 0.2) is 36.4 Å². The van der Waals surface area contributed by atoms with E-state index in [0.717, 1.165) is 17.5 Å². The summed E-state index contributed by atoms with van der Waals surface area (Å²) >= 11 is 2.84. The van der Waals surface area contributed by atoms with Gasteiger partial charge in [-0.25, -0.2) is 0 Å². The molecule has 1 aliphatic carbocycles. The minimum atomic E-state index is -0.834. The maximum atomic E-state index is 12.5. The molecule has 30 heavy (non-hydrogen) atoms. The molecule has 8 heteroatoms. The molecule has 3 unspecified atom stereocenters. The highest BCUT2D eigenvalue weighted by Crippen LogP contribution is 2.34. The lowest BCUT2D eigenvalue weighted by molar-refractivity contribution is -0.133. The molecule has 166 valence electrons. The lowest BCUT2D eigenvalue weighted by Gasteiger charge is -2.17. The van der Waals surface area contributed by atoms with Crippen LogP contribution in [0.3, 0.4) is 0 Å². The highest BCUT2D eigenvalue weighted by atomic mass is 32.2. The molecule has 0 amide bonds. The maximum absolute atomic E-state index is 12.5. The minimum Gasteiger partial charge on any atom is -0.481 e. The third kappa shape index (κ3) is 8.41. The molecular weight excluding hydrogens is 427 g/mol. The van der Waals surface area contributed by atoms with Crippen LogP contribution in [0.25, 0.3) is 0 Å². The number of hydrogen-bond donors (Lipinski definition) is 3. The van der Waals surface area contributed by atoms with E-state index < -0.39 is 24.9 Å². The summed E-state index contributed by atoms with van der Waals surface area (Å²) in [6.07, 6.45) is 3.49. The van der Waals surface area contributed by atoms with Crippen molar-refractivity contribution in [1.82, 2.24) is 0 Å². The summed E-state index contributed by atoms with van der Waals surface area (Å²) in [4.78, 5) is 22.8. The number of carbonyl (C=O) groups excluding carboxylic acids is 1. The second-order valence-corrected chi connectivity index (χ2v) is 9.68. The summed E-state index contributed by atoms with van der Waals surface area (Å²) in [5.41, 5.74) is 1.80. The third-order valence-corrected chi connectivity index (χ3v) is 7.34. The fourth-order valence-corrected chi connectivity index (χ4v) is 5.62. The van der Waals surface area contributed by atoms with Crippen molar-refractivity contribution < 1.29 is 29.3 Å². The number of aryl methyl sites for hydroxylation is 1. The second kappa shape index (κ2) is 13.1. The number of halogens is 1. The predicted octanol–water partition coefficient (Wildman–Crippen LogP) is 2.92. The van der Waals surface area contributed by atoms with Gasteiger partial charge in [0.2, 0.25) is 0 Å². The first kappa shape index (κ1) is 24.9. The molecule has 0 heterocycles. The van der Waals surface area contributed by atoms with Gasteiger partial charge in [-0.05, 0) is 29.1 Å². The summed E-state index contributed by atoms with van der Waals surface area (Å²) < 4.78 is 12.5. The average molecular weight is 457 g/mol. The van der Waals surface area contributed by atoms with Gasteiger partial charge in [0, 0.05) is 25.2 Å². The number of Topliss-reactive ketones (excluding diaryl/α,β-unsaturated/α-hetero) is 1. The van der Waals surface area contributed by atoms with Crippen molar-refractivity contribution >= 4 is 35.3 Å². The van der Waals surface area contributed by atoms with E-state index in [4.69, 9.17) is 5.11 Å². The van der Waals surface area contributed by atoms with Crippen LogP contribution < -0.4 is 0 Å². The van der Waals surface area contributed by atoms with Crippen molar-refractivity contribution in [2.24, 2.45) is 5.92 Å². The number of aliphatic hydroxyl groups excluding tert-OH is 2. The van der Waals surface area contributed by atoms with E-state index in [1.807, 2.05) is 24.3 Å². The Morgan fingerprint density at radius 1 is 1.30 bits per heavy atom. The molecule has 4 atom stereocenters. The number of carboxylic acids is 1. The van der Waals surface area contributed by atoms with Crippen molar-refractivity contribution in [3.05, 3.63) is 47.5 Å². The first-order valence-corrected chi connectivity index (χ1v) is 12.2. The van der Waals surface area contributed by atoms with Crippen molar-refractivity contribution in [2.45, 2.75) is 43.1 Å². The highest BCUT2D eigenvalue weighted by Gasteiger charge is 2.40. The molecule has 0 spiro atoms. The summed E-state index contributed by atoms with van der Waals surface area (Å²) in [7, 11) is 0. The molecule has 0 bridgehead atoms. The summed E-state index contributed by atoms with van der Waals surface area (Å²) in [6, 6.07) is 7.46. The topological polar surface area (TPSA) is 94.8 Å². The van der Waals surface area contributed by atoms with Gasteiger partial charge < -0.3 is 15.3 Å². The largest absolute Gasteiger partial charge is 0.481 e. The Kier molecular flexibility index (Phi) is 10.9. The van der Waals surface area contributed by atoms with E-state index in [0.29, 0.717) is 24.3 Å². The summed E-state index contributed by atoms with van der Waals surface area (Å²) in [6.45, 7) is -0.420. The standard InChI is InChI=1S/C22H29FO5S2/c23-8-7-15-3-1-4-16(11-15)12-17(24)5-6-18-19(25)13-20(26)22(18)30-10-2-9-29-14-21(27)28/h1,3-6,11,17-19,22,24-25H,2,7-10,12-14H2,(H,27,28)/t17?,18-,19?,22?/m0/s1. The molecule has 1 aliphatic rings. The Balaban J connectivity index is 1.85. The average Bonchev–Trinajstić information content (AvgIpc) is 2.95. The number of carboxylic acid groups (broad SMARTS) is 1. The normalized spacial score (nSPS) is 22.6. The number of aliphatic carboxylic acids is 1. The number of ketones is 1. The van der Waals surface area contributed by atoms with Crippen LogP contribution in [0.4, 0.5) is 4.39 Å². The molecule has 3 N–H and O–H groups in total. The number of aliphatic hydroxyl groups is 2. The Hall–Kier alpha value is -1.35. The number of carbonyl (C=O) groups is 2. The zero-order valence-corrected chi connectivity index (χ0v) is 18.4. The molecule has 2 rings (SSSR count). The molecule has 1 fully saturated rings. The number of benzene rings is 1. The Labute approximate surface area is 185 Å². The van der Waals surface area contributed by atoms with E-state index >= 15 is 0 Å². The zero-order chi connectivity index (χ0) is 21.9. The van der Waals surface area contributed by atoms with E-state index in [1.54, 1.807) is 12.2 Å². The lowest BCUT2D eigenvalue weighted by Crippen LogP contribution is -2.22. The van der Waals surface area contributed by atoms with Crippen molar-refractivity contribution in [2.75, 3.05) is 23.9 Å². The van der Waals surface area contributed by atoms with Crippen LogP contribution in [0.1, 0.15) is 24.0 Å². The van der Waals surface area contributed by atoms with Gasteiger partial charge in [-0.1, -0.05) is 36.4 Å². The van der Waals surface area contributed by atoms with Crippen LogP contribution in [-0.2, 0) is 22.4 Å². The van der Waals surface area contributed by atoms with Gasteiger partial charge in [0.1, 0.15) is 5.78 Å². The fourth-order valence-electron chi connectivity index (χ4n) is 3.43. The van der Waals surface area contributed by atoms with Gasteiger partial charge >= 0.3 is 5.97 Å². The number of rotatable bonds is 13. The summed E-state index contributed by atoms with van der Waals surface area (Å²) in [5.74, 6) is 0.328. The van der Waals surface area contributed by atoms with Crippen LogP contribution in [0.2, 0.25) is 0 Å². The van der Waals surface area contributed by atoms with E-state index in [1.165, 1.54) is 23.5 Å². The molecule has 1 aromatic rings. The van der Waals surface area contributed by atoms with Gasteiger partial charge in [0.05, 0.1) is 29.9 Å². The Bertz CT molecular complexity index is 727. The van der Waals surface area contributed by atoms with Gasteiger partial charge in [-0.2, -0.15) is 11.8 Å². The molecule has 0 radical (unpaired) electrons. The molecular formula is C22H29FO5S2. The Morgan fingerprint density at radius 3 is 2.80 bits per heavy atom. The third-order valence-electron chi connectivity index (χ3n) is 4.85. The molecule has 5 nitrogen and oxygen atoms in total. The maximum Gasteiger partial charge on any atom is 0.313 e. The van der Waals surface area contributed by atoms with Crippen molar-refractivity contribution in [3.63, 3.8) is 0 Å². The Morgan fingerprint density at radius 2 is 2.07 bits per heavy atom. The van der Waals surface area contributed by atoms with Gasteiger partial charge in [0.15, 0.2) is 0 Å². The number of thioether (sulfide) groups is 2. The fraction of sp³-hybridized carbons (Fsp3) is 0.545. The first-order chi connectivity index (χ1) is 14.4. The van der Waals surface area contributed by atoms with Crippen LogP contribution in [-0.4, -0.2) is 68.5 Å². The zero-order valence-electron chi connectivity index (χ0n) is 16.8. The second-order valence-electron chi connectivity index (χ2n) is 7.32. The number of hydrogen-bond acceptors (Lipinski definition) is 6. The van der Waals surface area contributed by atoms with Gasteiger partial charge in [0.25, 0.3) is 0 Å². The first-order valence-electron chi connectivity index (χ1n) is 10.0. The van der Waals surface area contributed by atoms with E-state index in [9.17, 15) is 24.2 Å². The van der Waals surface area contributed by atoms with Gasteiger partial charge in [-0.15, -0.1) is 11.8 Å². The van der Waals surface area contributed by atoms with E-state index in [2.05, 4.69) is 0 Å². The van der Waals surface area contributed by atoms with Crippen LogP contribution in [0.5, 0.6) is 0 Å². The molecule has 1 aromatic carbocycles. The molecule has 0 aromatic heterocycles. The highest BCUT2D eigenvalue weighted by molar-refractivity contribution is 8.01. The lowest BCUT2D eigenvalue weighted by atomic mass is 10.0. The van der Waals surface area contributed by atoms with Crippen LogP contribution in [0, 0.1) is 5.92 Å². The van der Waals surface area contributed by atoms with Crippen molar-refractivity contribution in [3.8, 4) is 0 Å². The molecule has 1 saturated carbocycles. The molecule has 0 aliphatic heterocycles. The van der Waals surface area contributed by atoms with Gasteiger partial charge in [-0.3, -0.25) is 14.0 Å².